The maximum atomic E-state index is 13.6. The van der Waals surface area contributed by atoms with Crippen molar-refractivity contribution < 1.29 is 17.2 Å². The standard InChI is InChI=1S/C23H37F2N3O2S/c1-8-23(24,25)14-12-17(3)13-15-28-20-11-10-18(27(7)31(29,30)9-2)16-19(20)26-21(28)22(4,5)6/h10-11,16-17H,8-9,12-15H2,1-7H3. The lowest BCUT2D eigenvalue weighted by molar-refractivity contribution is -0.0168. The molecule has 0 aliphatic rings. The van der Waals surface area contributed by atoms with E-state index in [0.29, 0.717) is 18.7 Å². The number of imidazole rings is 1. The molecule has 1 aromatic heterocycles. The van der Waals surface area contributed by atoms with Gasteiger partial charge >= 0.3 is 0 Å². The first kappa shape index (κ1) is 25.6. The molecule has 1 aromatic carbocycles. The molecule has 0 fully saturated rings. The van der Waals surface area contributed by atoms with Crippen LogP contribution in [0.4, 0.5) is 14.5 Å². The molecule has 8 heteroatoms. The minimum Gasteiger partial charge on any atom is -0.328 e. The van der Waals surface area contributed by atoms with Crippen LogP contribution in [0, 0.1) is 5.92 Å². The van der Waals surface area contributed by atoms with Gasteiger partial charge in [-0.05, 0) is 43.9 Å². The van der Waals surface area contributed by atoms with Crippen LogP contribution >= 0.6 is 0 Å². The van der Waals surface area contributed by atoms with Crippen LogP contribution in [-0.4, -0.2) is 36.7 Å². The highest BCUT2D eigenvalue weighted by Gasteiger charge is 2.27. The summed E-state index contributed by atoms with van der Waals surface area (Å²) in [6.45, 7) is 12.1. The first-order chi connectivity index (χ1) is 14.2. The van der Waals surface area contributed by atoms with E-state index in [9.17, 15) is 17.2 Å². The van der Waals surface area contributed by atoms with Crippen LogP contribution in [-0.2, 0) is 22.0 Å². The number of sulfonamides is 1. The molecule has 2 aromatic rings. The molecule has 0 amide bonds. The van der Waals surface area contributed by atoms with Crippen molar-refractivity contribution in [2.75, 3.05) is 17.1 Å². The number of halogens is 2. The van der Waals surface area contributed by atoms with Crippen molar-refractivity contribution in [3.63, 3.8) is 0 Å². The normalized spacial score (nSPS) is 14.2. The highest BCUT2D eigenvalue weighted by atomic mass is 32.2. The molecule has 176 valence electrons. The lowest BCUT2D eigenvalue weighted by atomic mass is 9.95. The zero-order valence-electron chi connectivity index (χ0n) is 19.9. The Hall–Kier alpha value is -1.70. The number of benzene rings is 1. The number of hydrogen-bond acceptors (Lipinski definition) is 3. The number of anilines is 1. The molecule has 0 saturated carbocycles. The Kier molecular flexibility index (Phi) is 7.77. The molecule has 0 spiro atoms. The molecule has 1 atom stereocenters. The second-order valence-corrected chi connectivity index (χ2v) is 11.8. The van der Waals surface area contributed by atoms with E-state index >= 15 is 0 Å². The molecule has 0 N–H and O–H groups in total. The van der Waals surface area contributed by atoms with Gasteiger partial charge in [-0.15, -0.1) is 0 Å². The summed E-state index contributed by atoms with van der Waals surface area (Å²) in [6, 6.07) is 5.51. The van der Waals surface area contributed by atoms with E-state index < -0.39 is 15.9 Å². The Morgan fingerprint density at radius 3 is 2.35 bits per heavy atom. The zero-order valence-corrected chi connectivity index (χ0v) is 20.7. The minimum atomic E-state index is -3.36. The molecule has 5 nitrogen and oxygen atoms in total. The third kappa shape index (κ3) is 6.18. The van der Waals surface area contributed by atoms with Gasteiger partial charge in [0.25, 0.3) is 0 Å². The zero-order chi connectivity index (χ0) is 23.6. The Morgan fingerprint density at radius 1 is 1.16 bits per heavy atom. The molecular formula is C23H37F2N3O2S. The van der Waals surface area contributed by atoms with Gasteiger partial charge in [-0.1, -0.05) is 34.6 Å². The van der Waals surface area contributed by atoms with Crippen molar-refractivity contribution in [1.82, 2.24) is 9.55 Å². The van der Waals surface area contributed by atoms with Crippen LogP contribution in [0.15, 0.2) is 18.2 Å². The monoisotopic (exact) mass is 457 g/mol. The van der Waals surface area contributed by atoms with Crippen molar-refractivity contribution in [1.29, 1.82) is 0 Å². The largest absolute Gasteiger partial charge is 0.328 e. The number of rotatable bonds is 10. The van der Waals surface area contributed by atoms with E-state index in [4.69, 9.17) is 4.98 Å². The molecule has 2 rings (SSSR count). The van der Waals surface area contributed by atoms with Gasteiger partial charge in [0.05, 0.1) is 22.5 Å². The van der Waals surface area contributed by atoms with Crippen molar-refractivity contribution in [2.24, 2.45) is 5.92 Å². The molecule has 1 unspecified atom stereocenters. The van der Waals surface area contributed by atoms with Crippen molar-refractivity contribution >= 4 is 26.7 Å². The SMILES string of the molecule is CCC(F)(F)CCC(C)CCn1c(C(C)(C)C)nc2cc(N(C)S(=O)(=O)CC)ccc21. The molecule has 1 heterocycles. The van der Waals surface area contributed by atoms with E-state index in [1.165, 1.54) is 11.2 Å². The van der Waals surface area contributed by atoms with Crippen LogP contribution in [0.3, 0.4) is 0 Å². The lowest BCUT2D eigenvalue weighted by Gasteiger charge is -2.22. The Balaban J connectivity index is 2.32. The van der Waals surface area contributed by atoms with E-state index in [1.54, 1.807) is 26.1 Å². The van der Waals surface area contributed by atoms with Crippen LogP contribution in [0.1, 0.15) is 73.1 Å². The maximum absolute atomic E-state index is 13.6. The topological polar surface area (TPSA) is 55.2 Å². The van der Waals surface area contributed by atoms with Gasteiger partial charge < -0.3 is 4.57 Å². The van der Waals surface area contributed by atoms with Crippen LogP contribution in [0.2, 0.25) is 0 Å². The summed E-state index contributed by atoms with van der Waals surface area (Å²) in [5, 5.41) is 0. The average Bonchev–Trinajstić information content (AvgIpc) is 3.08. The van der Waals surface area contributed by atoms with Gasteiger partial charge in [0.2, 0.25) is 15.9 Å². The highest BCUT2D eigenvalue weighted by molar-refractivity contribution is 7.92. The summed E-state index contributed by atoms with van der Waals surface area (Å²) in [4.78, 5) is 4.83. The van der Waals surface area contributed by atoms with Crippen molar-refractivity contribution in [3.05, 3.63) is 24.0 Å². The smallest absolute Gasteiger partial charge is 0.247 e. The summed E-state index contributed by atoms with van der Waals surface area (Å²) >= 11 is 0. The molecule has 0 saturated heterocycles. The molecule has 0 bridgehead atoms. The van der Waals surface area contributed by atoms with Crippen molar-refractivity contribution in [3.8, 4) is 0 Å². The summed E-state index contributed by atoms with van der Waals surface area (Å²) < 4.78 is 55.1. The molecule has 0 radical (unpaired) electrons. The highest BCUT2D eigenvalue weighted by Crippen LogP contribution is 2.31. The molecular weight excluding hydrogens is 420 g/mol. The predicted molar refractivity (Wildman–Crippen MR) is 125 cm³/mol. The number of aromatic nitrogens is 2. The van der Waals surface area contributed by atoms with E-state index in [2.05, 4.69) is 25.3 Å². The van der Waals surface area contributed by atoms with E-state index in [0.717, 1.165) is 23.3 Å². The first-order valence-electron chi connectivity index (χ1n) is 11.1. The van der Waals surface area contributed by atoms with Crippen molar-refractivity contribution in [2.45, 2.75) is 85.1 Å². The summed E-state index contributed by atoms with van der Waals surface area (Å²) in [6.07, 6.45) is 1.07. The van der Waals surface area contributed by atoms with Gasteiger partial charge in [0, 0.05) is 31.8 Å². The predicted octanol–water partition coefficient (Wildman–Crippen LogP) is 5.97. The number of fused-ring (bicyclic) bond motifs is 1. The summed E-state index contributed by atoms with van der Waals surface area (Å²) in [5.74, 6) is -1.49. The van der Waals surface area contributed by atoms with Crippen LogP contribution in [0.25, 0.3) is 11.0 Å². The Bertz CT molecular complexity index is 994. The Morgan fingerprint density at radius 2 is 1.81 bits per heavy atom. The lowest BCUT2D eigenvalue weighted by Crippen LogP contribution is -2.27. The molecule has 0 aliphatic heterocycles. The number of hydrogen-bond donors (Lipinski definition) is 0. The fourth-order valence-corrected chi connectivity index (χ4v) is 4.42. The fourth-order valence-electron chi connectivity index (χ4n) is 3.60. The molecule has 31 heavy (non-hydrogen) atoms. The summed E-state index contributed by atoms with van der Waals surface area (Å²) in [5.41, 5.74) is 2.04. The second-order valence-electron chi connectivity index (χ2n) is 9.52. The van der Waals surface area contributed by atoms with E-state index in [-0.39, 0.29) is 29.9 Å². The third-order valence-corrected chi connectivity index (χ3v) is 7.69. The van der Waals surface area contributed by atoms with Gasteiger partial charge in [-0.2, -0.15) is 0 Å². The number of alkyl halides is 2. The van der Waals surface area contributed by atoms with Crippen LogP contribution < -0.4 is 4.31 Å². The average molecular weight is 458 g/mol. The fraction of sp³-hybridized carbons (Fsp3) is 0.696. The minimum absolute atomic E-state index is 0.0260. The van der Waals surface area contributed by atoms with Gasteiger partial charge in [0.15, 0.2) is 0 Å². The van der Waals surface area contributed by atoms with E-state index in [1.807, 2.05) is 13.0 Å². The maximum Gasteiger partial charge on any atom is 0.247 e. The van der Waals surface area contributed by atoms with Gasteiger partial charge in [-0.25, -0.2) is 22.2 Å². The third-order valence-electron chi connectivity index (χ3n) is 5.91. The quantitative estimate of drug-likeness (QED) is 0.442. The number of nitrogens with zero attached hydrogens (tertiary/aromatic N) is 3. The van der Waals surface area contributed by atoms with Gasteiger partial charge in [-0.3, -0.25) is 4.31 Å². The van der Waals surface area contributed by atoms with Crippen LogP contribution in [0.5, 0.6) is 0 Å². The summed E-state index contributed by atoms with van der Waals surface area (Å²) in [7, 11) is -1.81. The second kappa shape index (κ2) is 9.43. The number of aryl methyl sites for hydroxylation is 1. The molecule has 0 aliphatic carbocycles. The van der Waals surface area contributed by atoms with Gasteiger partial charge in [0.1, 0.15) is 5.82 Å². The first-order valence-corrected chi connectivity index (χ1v) is 12.7. The Labute approximate surface area is 185 Å².